The predicted octanol–water partition coefficient (Wildman–Crippen LogP) is 9.12. The van der Waals surface area contributed by atoms with Crippen LogP contribution in [0.4, 0.5) is 9.59 Å². The van der Waals surface area contributed by atoms with Gasteiger partial charge in [0.05, 0.1) is 36.1 Å². The van der Waals surface area contributed by atoms with Crippen molar-refractivity contribution in [3.8, 4) is 32.0 Å². The van der Waals surface area contributed by atoms with E-state index in [9.17, 15) is 19.2 Å². The molecule has 0 spiro atoms. The van der Waals surface area contributed by atoms with E-state index in [2.05, 4.69) is 59.2 Å². The molecule has 2 aliphatic heterocycles. The van der Waals surface area contributed by atoms with Crippen LogP contribution in [-0.4, -0.2) is 71.1 Å². The summed E-state index contributed by atoms with van der Waals surface area (Å²) in [5, 5.41) is 7.18. The average Bonchev–Trinajstić information content (AvgIpc) is 4.15. The lowest BCUT2D eigenvalue weighted by molar-refractivity contribution is -0.135. The summed E-state index contributed by atoms with van der Waals surface area (Å²) in [5.41, 5.74) is 5.61. The van der Waals surface area contributed by atoms with Gasteiger partial charge in [0.1, 0.15) is 22.1 Å². The molecule has 306 valence electrons. The Morgan fingerprint density at radius 1 is 0.567 bits per heavy atom. The molecule has 14 heteroatoms. The van der Waals surface area contributed by atoms with Gasteiger partial charge in [-0.3, -0.25) is 9.59 Å². The summed E-state index contributed by atoms with van der Waals surface area (Å²) in [5.74, 6) is -0.374. The number of nitrogens with one attached hydrogen (secondary N) is 2. The molecule has 4 atom stereocenters. The van der Waals surface area contributed by atoms with Crippen molar-refractivity contribution in [2.24, 2.45) is 0 Å². The van der Waals surface area contributed by atoms with Gasteiger partial charge in [0, 0.05) is 25.5 Å². The summed E-state index contributed by atoms with van der Waals surface area (Å²) in [4.78, 5) is 67.5. The van der Waals surface area contributed by atoms with Gasteiger partial charge in [-0.25, -0.2) is 19.6 Å². The van der Waals surface area contributed by atoms with Crippen LogP contribution < -0.4 is 10.6 Å². The summed E-state index contributed by atoms with van der Waals surface area (Å²) in [7, 11) is 2.57. The van der Waals surface area contributed by atoms with Crippen molar-refractivity contribution in [3.05, 3.63) is 143 Å². The van der Waals surface area contributed by atoms with Gasteiger partial charge < -0.3 is 29.9 Å². The molecule has 60 heavy (non-hydrogen) atoms. The van der Waals surface area contributed by atoms with E-state index in [0.29, 0.717) is 24.2 Å². The Balaban J connectivity index is 0.928. The van der Waals surface area contributed by atoms with Gasteiger partial charge in [-0.2, -0.15) is 0 Å². The van der Waals surface area contributed by atoms with Crippen LogP contribution in [0.5, 0.6) is 0 Å². The Hall–Kier alpha value is -6.38. The quantitative estimate of drug-likeness (QED) is 0.132. The Morgan fingerprint density at radius 2 is 0.933 bits per heavy atom. The normalized spacial score (nSPS) is 17.2. The molecule has 0 saturated carbocycles. The number of alkyl carbamates (subject to hydrolysis) is 2. The van der Waals surface area contributed by atoms with Crippen molar-refractivity contribution in [1.82, 2.24) is 30.4 Å². The van der Waals surface area contributed by atoms with E-state index in [1.54, 1.807) is 22.7 Å². The summed E-state index contributed by atoms with van der Waals surface area (Å²) in [6.45, 7) is 1.16. The van der Waals surface area contributed by atoms with Gasteiger partial charge >= 0.3 is 12.2 Å². The van der Waals surface area contributed by atoms with E-state index in [0.717, 1.165) is 67.7 Å². The van der Waals surface area contributed by atoms with Crippen LogP contribution in [0.15, 0.2) is 122 Å². The lowest BCUT2D eigenvalue weighted by atomic mass is 10.0. The number of benzene rings is 4. The topological polar surface area (TPSA) is 143 Å². The molecule has 0 unspecified atom stereocenters. The molecule has 6 aromatic rings. The van der Waals surface area contributed by atoms with Crippen molar-refractivity contribution < 1.29 is 28.7 Å². The zero-order valence-electron chi connectivity index (χ0n) is 33.2. The highest BCUT2D eigenvalue weighted by atomic mass is 32.1. The van der Waals surface area contributed by atoms with Gasteiger partial charge in [0.25, 0.3) is 11.8 Å². The van der Waals surface area contributed by atoms with Crippen LogP contribution in [0.1, 0.15) is 71.0 Å². The monoisotopic (exact) mass is 840 g/mol. The maximum atomic E-state index is 13.9. The Bertz CT molecular complexity index is 2270. The fraction of sp³-hybridized carbons (Fsp3) is 0.261. The zero-order valence-corrected chi connectivity index (χ0v) is 34.8. The van der Waals surface area contributed by atoms with Crippen molar-refractivity contribution in [2.75, 3.05) is 27.3 Å². The molecule has 2 fully saturated rings. The molecule has 2 aromatic heterocycles. The highest BCUT2D eigenvalue weighted by molar-refractivity contribution is 7.15. The summed E-state index contributed by atoms with van der Waals surface area (Å²) in [6.07, 6.45) is 5.69. The third-order valence-corrected chi connectivity index (χ3v) is 13.3. The second-order valence-corrected chi connectivity index (χ2v) is 16.7. The number of methoxy groups -OCH3 is 2. The number of ether oxygens (including phenoxy) is 2. The van der Waals surface area contributed by atoms with Gasteiger partial charge in [0.15, 0.2) is 0 Å². The third kappa shape index (κ3) is 8.66. The summed E-state index contributed by atoms with van der Waals surface area (Å²) >= 11 is 3.16. The maximum absolute atomic E-state index is 13.9. The lowest BCUT2D eigenvalue weighted by Gasteiger charge is -2.28. The van der Waals surface area contributed by atoms with E-state index in [1.165, 1.54) is 14.2 Å². The summed E-state index contributed by atoms with van der Waals surface area (Å²) in [6, 6.07) is 33.1. The maximum Gasteiger partial charge on any atom is 0.407 e. The van der Waals surface area contributed by atoms with Gasteiger partial charge in [-0.1, -0.05) is 109 Å². The smallest absolute Gasteiger partial charge is 0.407 e. The van der Waals surface area contributed by atoms with E-state index < -0.39 is 24.3 Å². The molecular weight excluding hydrogens is 797 g/mol. The van der Waals surface area contributed by atoms with Crippen molar-refractivity contribution in [3.63, 3.8) is 0 Å². The number of carbonyl (C=O) groups is 4. The molecule has 2 N–H and O–H groups in total. The molecule has 0 bridgehead atoms. The molecule has 0 aliphatic carbocycles. The fourth-order valence-electron chi connectivity index (χ4n) is 7.93. The van der Waals surface area contributed by atoms with Crippen LogP contribution >= 0.6 is 22.7 Å². The molecule has 4 amide bonds. The second kappa shape index (κ2) is 18.3. The predicted molar refractivity (Wildman–Crippen MR) is 231 cm³/mol. The molecule has 12 nitrogen and oxygen atoms in total. The number of thiazole rings is 2. The van der Waals surface area contributed by atoms with Gasteiger partial charge in [0.2, 0.25) is 0 Å². The van der Waals surface area contributed by atoms with Crippen molar-refractivity contribution >= 4 is 46.7 Å². The Labute approximate surface area is 356 Å². The van der Waals surface area contributed by atoms with E-state index in [-0.39, 0.29) is 23.9 Å². The SMILES string of the molecule is COC(=O)N[C@H](C(=O)N1CCC[C@H]1c1ncc(-c2ccc(-c3ccc(-c4cnc([C@@H]5CCCN5C(=O)[C@@H](NC(=O)OC)c5ccccc5)s4)cc3)cc2)s1)c1ccccc1. The van der Waals surface area contributed by atoms with Crippen LogP contribution in [0.25, 0.3) is 32.0 Å². The Morgan fingerprint density at radius 3 is 1.30 bits per heavy atom. The zero-order chi connectivity index (χ0) is 41.6. The molecule has 8 rings (SSSR count). The van der Waals surface area contributed by atoms with Gasteiger partial charge in [-0.05, 0) is 59.1 Å². The first-order chi connectivity index (χ1) is 29.3. The van der Waals surface area contributed by atoms with Crippen LogP contribution in [0.2, 0.25) is 0 Å². The third-order valence-electron chi connectivity index (χ3n) is 11.0. The first-order valence-corrected chi connectivity index (χ1v) is 21.5. The minimum Gasteiger partial charge on any atom is -0.453 e. The number of hydrogen-bond donors (Lipinski definition) is 2. The van der Waals surface area contributed by atoms with E-state index in [4.69, 9.17) is 19.4 Å². The molecule has 4 heterocycles. The minimum atomic E-state index is -0.863. The summed E-state index contributed by atoms with van der Waals surface area (Å²) < 4.78 is 9.67. The number of carbonyl (C=O) groups excluding carboxylic acids is 4. The van der Waals surface area contributed by atoms with Crippen LogP contribution in [-0.2, 0) is 19.1 Å². The number of nitrogens with zero attached hydrogens (tertiary/aromatic N) is 4. The molecule has 0 radical (unpaired) electrons. The highest BCUT2D eigenvalue weighted by Crippen LogP contribution is 2.41. The Kier molecular flexibility index (Phi) is 12.3. The highest BCUT2D eigenvalue weighted by Gasteiger charge is 2.38. The number of amides is 4. The number of hydrogen-bond acceptors (Lipinski definition) is 10. The average molecular weight is 841 g/mol. The second-order valence-electron chi connectivity index (χ2n) is 14.6. The first-order valence-electron chi connectivity index (χ1n) is 19.8. The lowest BCUT2D eigenvalue weighted by Crippen LogP contribution is -2.42. The molecule has 4 aromatic carbocycles. The molecule has 2 aliphatic rings. The first kappa shape index (κ1) is 40.4. The molecular formula is C46H44N6O6S2. The van der Waals surface area contributed by atoms with Crippen LogP contribution in [0.3, 0.4) is 0 Å². The van der Waals surface area contributed by atoms with Crippen molar-refractivity contribution in [1.29, 1.82) is 0 Å². The van der Waals surface area contributed by atoms with E-state index >= 15 is 0 Å². The fourth-order valence-corrected chi connectivity index (χ4v) is 10.1. The van der Waals surface area contributed by atoms with Crippen LogP contribution in [0, 0.1) is 0 Å². The minimum absolute atomic E-state index is 0.184. The van der Waals surface area contributed by atoms with Crippen molar-refractivity contribution in [2.45, 2.75) is 49.9 Å². The number of aromatic nitrogens is 2. The molecule has 2 saturated heterocycles. The van der Waals surface area contributed by atoms with E-state index in [1.807, 2.05) is 82.9 Å². The standard InChI is InChI=1S/C46H44N6O6S2/c1-57-45(55)49-39(33-11-5-3-6-12-33)43(53)51-25-9-15-35(51)41-47-27-37(59-41)31-21-17-29(18-22-31)30-19-23-32(24-20-30)38-28-48-42(60-38)36-16-10-26-52(36)44(54)40(50-46(56)58-2)34-13-7-4-8-14-34/h3-8,11-14,17-24,27-28,35-36,39-40H,9-10,15-16,25-26H2,1-2H3,(H,49,55)(H,50,56)/t35-,36-,39-,40-/m0/s1. The number of likely N-dealkylation sites (tertiary alicyclic amines) is 2. The number of rotatable bonds is 11. The van der Waals surface area contributed by atoms with Gasteiger partial charge in [-0.15, -0.1) is 22.7 Å². The largest absolute Gasteiger partial charge is 0.453 e.